The van der Waals surface area contributed by atoms with Crippen molar-refractivity contribution >= 4 is 10.0 Å². The van der Waals surface area contributed by atoms with Gasteiger partial charge in [0.1, 0.15) is 0 Å². The fourth-order valence-electron chi connectivity index (χ4n) is 1.43. The van der Waals surface area contributed by atoms with Gasteiger partial charge in [-0.3, -0.25) is 0 Å². The number of rotatable bonds is 4. The molecule has 15 heavy (non-hydrogen) atoms. The third kappa shape index (κ3) is 3.30. The van der Waals surface area contributed by atoms with E-state index in [4.69, 9.17) is 5.73 Å². The van der Waals surface area contributed by atoms with Crippen molar-refractivity contribution in [3.8, 4) is 0 Å². The molecule has 0 aliphatic carbocycles. The Hall–Kier alpha value is -0.910. The minimum Gasteiger partial charge on any atom is -0.328 e. The van der Waals surface area contributed by atoms with Gasteiger partial charge in [-0.25, -0.2) is 13.1 Å². The molecule has 0 radical (unpaired) electrons. The van der Waals surface area contributed by atoms with E-state index in [2.05, 4.69) is 4.72 Å². The predicted octanol–water partition coefficient (Wildman–Crippen LogP) is 0.410. The van der Waals surface area contributed by atoms with Crippen molar-refractivity contribution in [3.05, 3.63) is 35.9 Å². The molecule has 1 unspecified atom stereocenters. The lowest BCUT2D eigenvalue weighted by atomic mass is 9.94. The first-order chi connectivity index (χ1) is 6.87. The summed E-state index contributed by atoms with van der Waals surface area (Å²) in [5.74, 6) is 0. The number of benzene rings is 1. The molecule has 0 heterocycles. The van der Waals surface area contributed by atoms with Crippen LogP contribution in [0.25, 0.3) is 0 Å². The fraction of sp³-hybridized carbons (Fsp3) is 0.400. The van der Waals surface area contributed by atoms with Crippen LogP contribution in [0.3, 0.4) is 0 Å². The molecule has 5 heteroatoms. The highest BCUT2D eigenvalue weighted by molar-refractivity contribution is 7.88. The third-order valence-electron chi connectivity index (χ3n) is 2.23. The lowest BCUT2D eigenvalue weighted by Crippen LogP contribution is -2.48. The molecular formula is C10H16N2O2S. The Morgan fingerprint density at radius 3 is 2.27 bits per heavy atom. The summed E-state index contributed by atoms with van der Waals surface area (Å²) in [6.07, 6.45) is 1.13. The average molecular weight is 228 g/mol. The van der Waals surface area contributed by atoms with Gasteiger partial charge in [-0.2, -0.15) is 0 Å². The maximum Gasteiger partial charge on any atom is 0.209 e. The quantitative estimate of drug-likeness (QED) is 0.784. The van der Waals surface area contributed by atoms with Gasteiger partial charge in [-0.15, -0.1) is 0 Å². The topological polar surface area (TPSA) is 72.2 Å². The van der Waals surface area contributed by atoms with Gasteiger partial charge in [0.15, 0.2) is 0 Å². The number of hydrogen-bond acceptors (Lipinski definition) is 3. The van der Waals surface area contributed by atoms with Gasteiger partial charge in [0.25, 0.3) is 0 Å². The van der Waals surface area contributed by atoms with Gasteiger partial charge in [0, 0.05) is 6.54 Å². The molecule has 3 N–H and O–H groups in total. The Morgan fingerprint density at radius 2 is 1.87 bits per heavy atom. The highest BCUT2D eigenvalue weighted by atomic mass is 32.2. The summed E-state index contributed by atoms with van der Waals surface area (Å²) in [7, 11) is -3.27. The summed E-state index contributed by atoms with van der Waals surface area (Å²) in [4.78, 5) is 0. The van der Waals surface area contributed by atoms with Crippen molar-refractivity contribution in [2.24, 2.45) is 5.73 Å². The zero-order valence-electron chi connectivity index (χ0n) is 8.90. The van der Waals surface area contributed by atoms with Gasteiger partial charge in [-0.1, -0.05) is 30.3 Å². The molecule has 0 saturated heterocycles. The first-order valence-electron chi connectivity index (χ1n) is 4.62. The van der Waals surface area contributed by atoms with Gasteiger partial charge in [0.05, 0.1) is 11.8 Å². The summed E-state index contributed by atoms with van der Waals surface area (Å²) in [5, 5.41) is 0. The molecule has 0 aromatic heterocycles. The van der Waals surface area contributed by atoms with Crippen LogP contribution in [0.15, 0.2) is 30.3 Å². The van der Waals surface area contributed by atoms with Crippen LogP contribution in [0, 0.1) is 0 Å². The first-order valence-corrected chi connectivity index (χ1v) is 6.51. The molecule has 0 bridgehead atoms. The zero-order valence-corrected chi connectivity index (χ0v) is 9.71. The molecule has 0 saturated carbocycles. The van der Waals surface area contributed by atoms with E-state index in [0.29, 0.717) is 0 Å². The number of nitrogens with two attached hydrogens (primary N) is 1. The van der Waals surface area contributed by atoms with Crippen LogP contribution in [0.2, 0.25) is 0 Å². The average Bonchev–Trinajstić information content (AvgIpc) is 2.16. The highest BCUT2D eigenvalue weighted by Crippen LogP contribution is 2.19. The van der Waals surface area contributed by atoms with E-state index in [9.17, 15) is 8.42 Å². The largest absolute Gasteiger partial charge is 0.328 e. The lowest BCUT2D eigenvalue weighted by Gasteiger charge is -2.28. The van der Waals surface area contributed by atoms with E-state index in [0.717, 1.165) is 11.8 Å². The Bertz CT molecular complexity index is 416. The second-order valence-electron chi connectivity index (χ2n) is 3.78. The minimum absolute atomic E-state index is 0.212. The number of nitrogens with one attached hydrogen (secondary N) is 1. The van der Waals surface area contributed by atoms with Crippen LogP contribution < -0.4 is 10.5 Å². The van der Waals surface area contributed by atoms with E-state index in [-0.39, 0.29) is 6.54 Å². The molecule has 1 aromatic rings. The Labute approximate surface area is 90.5 Å². The minimum atomic E-state index is -3.27. The molecule has 0 fully saturated rings. The van der Waals surface area contributed by atoms with Gasteiger partial charge < -0.3 is 5.73 Å². The van der Waals surface area contributed by atoms with E-state index < -0.39 is 15.6 Å². The maximum absolute atomic E-state index is 11.2. The molecule has 1 aromatic carbocycles. The lowest BCUT2D eigenvalue weighted by molar-refractivity contribution is 0.443. The normalized spacial score (nSPS) is 15.9. The highest BCUT2D eigenvalue weighted by Gasteiger charge is 2.27. The summed E-state index contributed by atoms with van der Waals surface area (Å²) in [6.45, 7) is 1.98. The molecule has 0 amide bonds. The molecule has 0 aliphatic rings. The summed E-state index contributed by atoms with van der Waals surface area (Å²) in [6, 6.07) is 9.29. The van der Waals surface area contributed by atoms with Crippen LogP contribution in [-0.4, -0.2) is 21.2 Å². The van der Waals surface area contributed by atoms with Crippen molar-refractivity contribution in [1.82, 2.24) is 4.72 Å². The van der Waals surface area contributed by atoms with Crippen LogP contribution in [0.4, 0.5) is 0 Å². The van der Waals surface area contributed by atoms with E-state index in [1.807, 2.05) is 30.3 Å². The molecular weight excluding hydrogens is 212 g/mol. The van der Waals surface area contributed by atoms with E-state index >= 15 is 0 Å². The maximum atomic E-state index is 11.2. The molecule has 0 aliphatic heterocycles. The van der Waals surface area contributed by atoms with Gasteiger partial charge in [0.2, 0.25) is 10.0 Å². The zero-order chi connectivity index (χ0) is 11.5. The number of sulfonamides is 1. The van der Waals surface area contributed by atoms with Crippen molar-refractivity contribution in [1.29, 1.82) is 0 Å². The molecule has 84 valence electrons. The number of hydrogen-bond donors (Lipinski definition) is 2. The molecule has 0 spiro atoms. The van der Waals surface area contributed by atoms with Crippen molar-refractivity contribution < 1.29 is 8.42 Å². The monoisotopic (exact) mass is 228 g/mol. The SMILES string of the molecule is CC(CN)(NS(C)(=O)=O)c1ccccc1. The van der Waals surface area contributed by atoms with Crippen LogP contribution in [0.5, 0.6) is 0 Å². The van der Waals surface area contributed by atoms with Crippen LogP contribution in [0.1, 0.15) is 12.5 Å². The van der Waals surface area contributed by atoms with Gasteiger partial charge in [-0.05, 0) is 12.5 Å². The Kier molecular flexibility index (Phi) is 3.49. The molecule has 1 rings (SSSR count). The molecule has 1 atom stereocenters. The standard InChI is InChI=1S/C10H16N2O2S/c1-10(8-11,12-15(2,13)14)9-6-4-3-5-7-9/h3-7,12H,8,11H2,1-2H3. The first kappa shape index (κ1) is 12.2. The fourth-order valence-corrected chi connectivity index (χ4v) is 2.45. The second-order valence-corrected chi connectivity index (χ2v) is 5.52. The van der Waals surface area contributed by atoms with Crippen molar-refractivity contribution in [2.45, 2.75) is 12.5 Å². The second kappa shape index (κ2) is 4.30. The van der Waals surface area contributed by atoms with E-state index in [1.54, 1.807) is 6.92 Å². The predicted molar refractivity (Wildman–Crippen MR) is 60.8 cm³/mol. The Balaban J connectivity index is 3.06. The van der Waals surface area contributed by atoms with Crippen molar-refractivity contribution in [2.75, 3.05) is 12.8 Å². The smallest absolute Gasteiger partial charge is 0.209 e. The summed E-state index contributed by atoms with van der Waals surface area (Å²) >= 11 is 0. The van der Waals surface area contributed by atoms with Crippen LogP contribution >= 0.6 is 0 Å². The Morgan fingerprint density at radius 1 is 1.33 bits per heavy atom. The van der Waals surface area contributed by atoms with Gasteiger partial charge >= 0.3 is 0 Å². The van der Waals surface area contributed by atoms with E-state index in [1.165, 1.54) is 0 Å². The van der Waals surface area contributed by atoms with Crippen molar-refractivity contribution in [3.63, 3.8) is 0 Å². The summed E-state index contributed by atoms with van der Waals surface area (Å²) < 4.78 is 25.0. The van der Waals surface area contributed by atoms with Crippen LogP contribution in [-0.2, 0) is 15.6 Å². The molecule has 4 nitrogen and oxygen atoms in total. The third-order valence-corrected chi connectivity index (χ3v) is 3.05. The summed E-state index contributed by atoms with van der Waals surface area (Å²) in [5.41, 5.74) is 5.74.